The summed E-state index contributed by atoms with van der Waals surface area (Å²) in [4.78, 5) is 14.7. The Bertz CT molecular complexity index is 550. The molecular formula is C21H33ClN2O. The van der Waals surface area contributed by atoms with Crippen molar-refractivity contribution in [2.75, 3.05) is 26.2 Å². The van der Waals surface area contributed by atoms with Gasteiger partial charge in [-0.25, -0.2) is 0 Å². The minimum atomic E-state index is 0. The van der Waals surface area contributed by atoms with Crippen LogP contribution in [0.3, 0.4) is 0 Å². The molecule has 4 heteroatoms. The first-order chi connectivity index (χ1) is 11.4. The maximum atomic E-state index is 12.6. The molecule has 2 heterocycles. The summed E-state index contributed by atoms with van der Waals surface area (Å²) in [7, 11) is 0. The zero-order valence-electron chi connectivity index (χ0n) is 15.9. The van der Waals surface area contributed by atoms with E-state index in [1.165, 1.54) is 24.0 Å². The van der Waals surface area contributed by atoms with Crippen molar-refractivity contribution in [3.63, 3.8) is 0 Å². The van der Waals surface area contributed by atoms with Crippen molar-refractivity contribution in [2.24, 2.45) is 11.8 Å². The molecule has 140 valence electrons. The van der Waals surface area contributed by atoms with Crippen LogP contribution in [0.15, 0.2) is 24.3 Å². The Balaban J connectivity index is 0.00000225. The van der Waals surface area contributed by atoms with Crippen LogP contribution in [0, 0.1) is 11.8 Å². The molecule has 0 bridgehead atoms. The van der Waals surface area contributed by atoms with Gasteiger partial charge in [0.05, 0.1) is 0 Å². The van der Waals surface area contributed by atoms with E-state index in [0.717, 1.165) is 44.4 Å². The fourth-order valence-electron chi connectivity index (χ4n) is 4.05. The third kappa shape index (κ3) is 5.21. The van der Waals surface area contributed by atoms with E-state index < -0.39 is 0 Å². The molecule has 2 aliphatic heterocycles. The average Bonchev–Trinajstić information content (AvgIpc) is 2.90. The lowest BCUT2D eigenvalue weighted by atomic mass is 9.86. The minimum Gasteiger partial charge on any atom is -0.343 e. The Morgan fingerprint density at radius 2 is 1.64 bits per heavy atom. The summed E-state index contributed by atoms with van der Waals surface area (Å²) >= 11 is 0. The quantitative estimate of drug-likeness (QED) is 0.884. The molecule has 2 saturated heterocycles. The minimum absolute atomic E-state index is 0. The van der Waals surface area contributed by atoms with E-state index in [-0.39, 0.29) is 17.8 Å². The normalized spacial score (nSPS) is 23.6. The summed E-state index contributed by atoms with van der Waals surface area (Å²) in [6.07, 6.45) is 3.84. The first-order valence-electron chi connectivity index (χ1n) is 9.51. The maximum absolute atomic E-state index is 12.6. The molecule has 1 N–H and O–H groups in total. The molecule has 2 fully saturated rings. The molecule has 0 aromatic heterocycles. The van der Waals surface area contributed by atoms with E-state index in [2.05, 4.69) is 55.3 Å². The van der Waals surface area contributed by atoms with Crippen LogP contribution >= 0.6 is 12.4 Å². The number of hydrogen-bond donors (Lipinski definition) is 1. The third-order valence-electron chi connectivity index (χ3n) is 5.82. The van der Waals surface area contributed by atoms with Crippen LogP contribution in [0.25, 0.3) is 0 Å². The summed E-state index contributed by atoms with van der Waals surface area (Å²) in [5.74, 6) is 1.91. The van der Waals surface area contributed by atoms with Gasteiger partial charge in [-0.3, -0.25) is 4.79 Å². The standard InChI is InChI=1S/C21H32N2O.ClH/c1-21(2,3)19-7-4-16(5-8-19)6-9-20(24)23-12-10-17-14-22-15-18(17)11-13-23;/h4-5,7-8,17-18,22H,6,9-15H2,1-3H3;1H/t17-,18+;. The molecule has 3 nitrogen and oxygen atoms in total. The van der Waals surface area contributed by atoms with Gasteiger partial charge < -0.3 is 10.2 Å². The van der Waals surface area contributed by atoms with Crippen molar-refractivity contribution in [2.45, 2.75) is 51.9 Å². The zero-order valence-corrected chi connectivity index (χ0v) is 16.7. The number of amides is 1. The Labute approximate surface area is 159 Å². The van der Waals surface area contributed by atoms with Gasteiger partial charge in [0.25, 0.3) is 0 Å². The van der Waals surface area contributed by atoms with Gasteiger partial charge in [0.2, 0.25) is 5.91 Å². The van der Waals surface area contributed by atoms with Crippen LogP contribution in [0.4, 0.5) is 0 Å². The molecule has 25 heavy (non-hydrogen) atoms. The molecular weight excluding hydrogens is 332 g/mol. The predicted octanol–water partition coefficient (Wildman–Crippen LogP) is 3.80. The van der Waals surface area contributed by atoms with Gasteiger partial charge in [-0.15, -0.1) is 12.4 Å². The lowest BCUT2D eigenvalue weighted by Gasteiger charge is -2.21. The zero-order chi connectivity index (χ0) is 17.2. The number of nitrogens with one attached hydrogen (secondary N) is 1. The van der Waals surface area contributed by atoms with Crippen molar-refractivity contribution in [3.05, 3.63) is 35.4 Å². The van der Waals surface area contributed by atoms with E-state index in [1.54, 1.807) is 0 Å². The topological polar surface area (TPSA) is 32.3 Å². The highest BCUT2D eigenvalue weighted by Crippen LogP contribution is 2.27. The second-order valence-corrected chi connectivity index (χ2v) is 8.58. The maximum Gasteiger partial charge on any atom is 0.222 e. The van der Waals surface area contributed by atoms with Crippen molar-refractivity contribution >= 4 is 18.3 Å². The Morgan fingerprint density at radius 1 is 1.08 bits per heavy atom. The van der Waals surface area contributed by atoms with Crippen LogP contribution < -0.4 is 5.32 Å². The highest BCUT2D eigenvalue weighted by atomic mass is 35.5. The van der Waals surface area contributed by atoms with Crippen LogP contribution in [-0.2, 0) is 16.6 Å². The lowest BCUT2D eigenvalue weighted by molar-refractivity contribution is -0.131. The number of benzene rings is 1. The summed E-state index contributed by atoms with van der Waals surface area (Å²) < 4.78 is 0. The number of hydrogen-bond acceptors (Lipinski definition) is 2. The molecule has 1 aromatic rings. The fourth-order valence-corrected chi connectivity index (χ4v) is 4.05. The predicted molar refractivity (Wildman–Crippen MR) is 106 cm³/mol. The number of aryl methyl sites for hydroxylation is 1. The molecule has 0 saturated carbocycles. The van der Waals surface area contributed by atoms with Gasteiger partial charge in [-0.05, 0) is 60.7 Å². The van der Waals surface area contributed by atoms with Crippen molar-refractivity contribution < 1.29 is 4.79 Å². The van der Waals surface area contributed by atoms with Crippen LogP contribution in [0.2, 0.25) is 0 Å². The number of halogens is 1. The second kappa shape index (κ2) is 8.55. The van der Waals surface area contributed by atoms with E-state index >= 15 is 0 Å². The van der Waals surface area contributed by atoms with Crippen molar-refractivity contribution in [1.29, 1.82) is 0 Å². The Hall–Kier alpha value is -1.06. The Morgan fingerprint density at radius 3 is 2.16 bits per heavy atom. The molecule has 0 spiro atoms. The summed E-state index contributed by atoms with van der Waals surface area (Å²) in [5, 5.41) is 3.49. The van der Waals surface area contributed by atoms with E-state index in [0.29, 0.717) is 12.3 Å². The van der Waals surface area contributed by atoms with Gasteiger partial charge in [0, 0.05) is 19.5 Å². The van der Waals surface area contributed by atoms with Gasteiger partial charge in [-0.2, -0.15) is 0 Å². The van der Waals surface area contributed by atoms with Crippen LogP contribution in [0.5, 0.6) is 0 Å². The number of likely N-dealkylation sites (tertiary alicyclic amines) is 1. The first kappa shape index (κ1) is 20.3. The third-order valence-corrected chi connectivity index (χ3v) is 5.82. The van der Waals surface area contributed by atoms with E-state index in [9.17, 15) is 4.79 Å². The number of carbonyl (C=O) groups is 1. The highest BCUT2D eigenvalue weighted by molar-refractivity contribution is 5.85. The molecule has 1 aromatic carbocycles. The SMILES string of the molecule is CC(C)(C)c1ccc(CCC(=O)N2CC[C@@H]3CNC[C@@H]3CC2)cc1.Cl. The van der Waals surface area contributed by atoms with Gasteiger partial charge in [0.15, 0.2) is 0 Å². The largest absolute Gasteiger partial charge is 0.343 e. The number of carbonyl (C=O) groups excluding carboxylic acids is 1. The summed E-state index contributed by atoms with van der Waals surface area (Å²) in [6.45, 7) is 10.9. The molecule has 0 aliphatic carbocycles. The first-order valence-corrected chi connectivity index (χ1v) is 9.51. The summed E-state index contributed by atoms with van der Waals surface area (Å²) in [5.41, 5.74) is 2.81. The molecule has 0 radical (unpaired) electrons. The number of rotatable bonds is 3. The van der Waals surface area contributed by atoms with E-state index in [4.69, 9.17) is 0 Å². The number of fused-ring (bicyclic) bond motifs is 1. The Kier molecular flexibility index (Phi) is 6.93. The molecule has 3 rings (SSSR count). The molecule has 0 unspecified atom stereocenters. The molecule has 1 amide bonds. The van der Waals surface area contributed by atoms with E-state index in [1.807, 2.05) is 0 Å². The highest BCUT2D eigenvalue weighted by Gasteiger charge is 2.31. The second-order valence-electron chi connectivity index (χ2n) is 8.58. The number of nitrogens with zero attached hydrogens (tertiary/aromatic N) is 1. The molecule has 2 atom stereocenters. The van der Waals surface area contributed by atoms with Gasteiger partial charge in [0.1, 0.15) is 0 Å². The fraction of sp³-hybridized carbons (Fsp3) is 0.667. The average molecular weight is 365 g/mol. The molecule has 2 aliphatic rings. The monoisotopic (exact) mass is 364 g/mol. The smallest absolute Gasteiger partial charge is 0.222 e. The van der Waals surface area contributed by atoms with Crippen LogP contribution in [-0.4, -0.2) is 37.0 Å². The van der Waals surface area contributed by atoms with Crippen molar-refractivity contribution in [3.8, 4) is 0 Å². The summed E-state index contributed by atoms with van der Waals surface area (Å²) in [6, 6.07) is 8.79. The lowest BCUT2D eigenvalue weighted by Crippen LogP contribution is -2.32. The van der Waals surface area contributed by atoms with Crippen LogP contribution in [0.1, 0.15) is 51.2 Å². The van der Waals surface area contributed by atoms with Gasteiger partial charge in [-0.1, -0.05) is 45.0 Å². The van der Waals surface area contributed by atoms with Crippen molar-refractivity contribution in [1.82, 2.24) is 10.2 Å². The van der Waals surface area contributed by atoms with Gasteiger partial charge >= 0.3 is 0 Å².